The minimum atomic E-state index is -4.24. The maximum Gasteiger partial charge on any atom is 0.264 e. The largest absolute Gasteiger partial charge is 0.352 e. The summed E-state index contributed by atoms with van der Waals surface area (Å²) in [6.07, 6.45) is 3.91. The quantitative estimate of drug-likeness (QED) is 0.291. The number of rotatable bonds is 10. The predicted octanol–water partition coefficient (Wildman–Crippen LogP) is 6.28. The third-order valence-corrected chi connectivity index (χ3v) is 9.86. The molecule has 1 N–H and O–H groups in total. The molecule has 4 rings (SSSR count). The third-order valence-electron chi connectivity index (χ3n) is 7.54. The van der Waals surface area contributed by atoms with E-state index in [0.717, 1.165) is 46.7 Å². The first-order valence-electron chi connectivity index (χ1n) is 13.7. The van der Waals surface area contributed by atoms with Crippen LogP contribution < -0.4 is 9.62 Å². The van der Waals surface area contributed by atoms with Gasteiger partial charge >= 0.3 is 0 Å². The number of carbonyl (C=O) groups is 2. The second-order valence-electron chi connectivity index (χ2n) is 10.5. The molecule has 1 aliphatic carbocycles. The first-order chi connectivity index (χ1) is 19.5. The van der Waals surface area contributed by atoms with Crippen LogP contribution in [0.25, 0.3) is 0 Å². The van der Waals surface area contributed by atoms with Crippen LogP contribution in [0.15, 0.2) is 71.6 Å². The highest BCUT2D eigenvalue weighted by atomic mass is 35.5. The molecule has 10 heteroatoms. The van der Waals surface area contributed by atoms with Gasteiger partial charge in [-0.2, -0.15) is 0 Å². The topological polar surface area (TPSA) is 86.8 Å². The van der Waals surface area contributed by atoms with E-state index in [1.165, 1.54) is 29.2 Å². The summed E-state index contributed by atoms with van der Waals surface area (Å²) in [7, 11) is -4.24. The maximum atomic E-state index is 14.1. The van der Waals surface area contributed by atoms with Crippen LogP contribution in [0.3, 0.4) is 0 Å². The molecule has 41 heavy (non-hydrogen) atoms. The molecule has 0 radical (unpaired) electrons. The highest BCUT2D eigenvalue weighted by Gasteiger charge is 2.34. The molecular weight excluding hydrogens is 581 g/mol. The molecule has 3 aromatic carbocycles. The van der Waals surface area contributed by atoms with Gasteiger partial charge in [0, 0.05) is 17.6 Å². The van der Waals surface area contributed by atoms with E-state index in [0.29, 0.717) is 0 Å². The van der Waals surface area contributed by atoms with Gasteiger partial charge in [0.2, 0.25) is 11.8 Å². The summed E-state index contributed by atoms with van der Waals surface area (Å²) in [6, 6.07) is 17.6. The summed E-state index contributed by atoms with van der Waals surface area (Å²) in [6.45, 7) is 5.01. The number of amides is 2. The number of sulfonamides is 1. The Balaban J connectivity index is 1.73. The second-order valence-corrected chi connectivity index (χ2v) is 13.2. The number of hydrogen-bond acceptors (Lipinski definition) is 4. The number of halogens is 2. The van der Waals surface area contributed by atoms with Crippen LogP contribution >= 0.6 is 23.2 Å². The van der Waals surface area contributed by atoms with E-state index in [2.05, 4.69) is 5.32 Å². The lowest BCUT2D eigenvalue weighted by molar-refractivity contribution is -0.139. The average molecular weight is 617 g/mol. The van der Waals surface area contributed by atoms with E-state index in [4.69, 9.17) is 23.2 Å². The molecule has 7 nitrogen and oxygen atoms in total. The van der Waals surface area contributed by atoms with Gasteiger partial charge in [-0.1, -0.05) is 78.0 Å². The molecular formula is C31H35Cl2N3O4S. The van der Waals surface area contributed by atoms with Crippen LogP contribution in [0.4, 0.5) is 5.69 Å². The Hall–Kier alpha value is -3.07. The van der Waals surface area contributed by atoms with Crippen LogP contribution in [0, 0.1) is 13.8 Å². The number of anilines is 1. The Morgan fingerprint density at radius 1 is 0.976 bits per heavy atom. The highest BCUT2D eigenvalue weighted by Crippen LogP contribution is 2.33. The van der Waals surface area contributed by atoms with Crippen molar-refractivity contribution < 1.29 is 18.0 Å². The number of benzene rings is 3. The lowest BCUT2D eigenvalue weighted by atomic mass is 10.1. The first kappa shape index (κ1) is 30.9. The van der Waals surface area contributed by atoms with Crippen molar-refractivity contribution in [3.63, 3.8) is 0 Å². The summed E-state index contributed by atoms with van der Waals surface area (Å²) in [5, 5.41) is 3.46. The molecule has 0 aliphatic heterocycles. The van der Waals surface area contributed by atoms with E-state index >= 15 is 0 Å². The fourth-order valence-corrected chi connectivity index (χ4v) is 6.83. The van der Waals surface area contributed by atoms with Crippen molar-refractivity contribution in [2.24, 2.45) is 0 Å². The minimum absolute atomic E-state index is 0.00409. The lowest BCUT2D eigenvalue weighted by Crippen LogP contribution is -2.52. The Bertz CT molecular complexity index is 1510. The number of carbonyl (C=O) groups excluding carboxylic acids is 2. The van der Waals surface area contributed by atoms with E-state index in [9.17, 15) is 18.0 Å². The van der Waals surface area contributed by atoms with E-state index in [1.807, 2.05) is 38.1 Å². The Morgan fingerprint density at radius 3 is 2.29 bits per heavy atom. The molecule has 3 aromatic rings. The van der Waals surface area contributed by atoms with E-state index in [-0.39, 0.29) is 39.1 Å². The van der Waals surface area contributed by atoms with Gasteiger partial charge in [-0.25, -0.2) is 8.42 Å². The van der Waals surface area contributed by atoms with E-state index < -0.39 is 28.5 Å². The molecule has 0 heterocycles. The predicted molar refractivity (Wildman–Crippen MR) is 164 cm³/mol. The maximum absolute atomic E-state index is 14.1. The Labute approximate surface area is 252 Å². The summed E-state index contributed by atoms with van der Waals surface area (Å²) < 4.78 is 28.9. The summed E-state index contributed by atoms with van der Waals surface area (Å²) in [5.74, 6) is -0.818. The first-order valence-corrected chi connectivity index (χ1v) is 15.9. The molecule has 1 atom stereocenters. The smallest absolute Gasteiger partial charge is 0.264 e. The Kier molecular flexibility index (Phi) is 10.00. The number of nitrogens with one attached hydrogen (secondary N) is 1. The molecule has 0 aromatic heterocycles. The van der Waals surface area contributed by atoms with Gasteiger partial charge in [0.25, 0.3) is 10.0 Å². The fourth-order valence-electron chi connectivity index (χ4n) is 4.97. The SMILES string of the molecule is Cc1ccc(S(=O)(=O)N(CC(=O)N(Cc2ccccc2C)C(C)C(=O)NC2CCCC2)c2cc(Cl)ccc2Cl)cc1. The van der Waals surface area contributed by atoms with Crippen molar-refractivity contribution in [2.75, 3.05) is 10.8 Å². The summed E-state index contributed by atoms with van der Waals surface area (Å²) in [4.78, 5) is 28.9. The molecule has 218 valence electrons. The van der Waals surface area contributed by atoms with E-state index in [1.54, 1.807) is 25.1 Å². The van der Waals surface area contributed by atoms with Crippen molar-refractivity contribution >= 4 is 50.7 Å². The molecule has 0 saturated heterocycles. The third kappa shape index (κ3) is 7.42. The standard InChI is InChI=1S/C31H35Cl2N3O4S/c1-21-12-15-27(16-13-21)41(39,40)36(29-18-25(32)14-17-28(29)33)20-30(37)35(19-24-9-5-4-8-22(24)2)23(3)31(38)34-26-10-6-7-11-26/h4-5,8-9,12-18,23,26H,6-7,10-11,19-20H2,1-3H3,(H,34,38). The fraction of sp³-hybridized carbons (Fsp3) is 0.355. The average Bonchev–Trinajstić information content (AvgIpc) is 3.45. The van der Waals surface area contributed by atoms with Gasteiger partial charge in [0.15, 0.2) is 0 Å². The van der Waals surface area contributed by atoms with Gasteiger partial charge in [-0.05, 0) is 75.1 Å². The second kappa shape index (κ2) is 13.3. The van der Waals surface area contributed by atoms with Crippen LogP contribution in [-0.4, -0.2) is 43.8 Å². The van der Waals surface area contributed by atoms with Crippen molar-refractivity contribution in [3.05, 3.63) is 93.5 Å². The molecule has 0 spiro atoms. The monoisotopic (exact) mass is 615 g/mol. The summed E-state index contributed by atoms with van der Waals surface area (Å²) in [5.41, 5.74) is 2.77. The highest BCUT2D eigenvalue weighted by molar-refractivity contribution is 7.92. The van der Waals surface area contributed by atoms with Crippen LogP contribution in [0.1, 0.15) is 49.3 Å². The van der Waals surface area contributed by atoms with Crippen molar-refractivity contribution in [2.45, 2.75) is 70.0 Å². The van der Waals surface area contributed by atoms with Crippen LogP contribution in [-0.2, 0) is 26.2 Å². The molecule has 1 saturated carbocycles. The van der Waals surface area contributed by atoms with Crippen LogP contribution in [0.2, 0.25) is 10.0 Å². The molecule has 1 fully saturated rings. The normalized spacial score (nSPS) is 14.5. The van der Waals surface area contributed by atoms with Crippen molar-refractivity contribution in [1.29, 1.82) is 0 Å². The molecule has 2 amide bonds. The molecule has 0 bridgehead atoms. The Morgan fingerprint density at radius 2 is 1.63 bits per heavy atom. The molecule has 1 unspecified atom stereocenters. The van der Waals surface area contributed by atoms with Gasteiger partial charge < -0.3 is 10.2 Å². The van der Waals surface area contributed by atoms with Crippen molar-refractivity contribution in [1.82, 2.24) is 10.2 Å². The zero-order valence-electron chi connectivity index (χ0n) is 23.4. The lowest BCUT2D eigenvalue weighted by Gasteiger charge is -2.33. The zero-order chi connectivity index (χ0) is 29.7. The van der Waals surface area contributed by atoms with Gasteiger partial charge in [-0.3, -0.25) is 13.9 Å². The van der Waals surface area contributed by atoms with Gasteiger partial charge in [0.1, 0.15) is 12.6 Å². The summed E-state index contributed by atoms with van der Waals surface area (Å²) >= 11 is 12.7. The minimum Gasteiger partial charge on any atom is -0.352 e. The number of aryl methyl sites for hydroxylation is 2. The number of nitrogens with zero attached hydrogens (tertiary/aromatic N) is 2. The van der Waals surface area contributed by atoms with Crippen molar-refractivity contribution in [3.8, 4) is 0 Å². The van der Waals surface area contributed by atoms with Gasteiger partial charge in [-0.15, -0.1) is 0 Å². The molecule has 1 aliphatic rings. The number of hydrogen-bond donors (Lipinski definition) is 1. The van der Waals surface area contributed by atoms with Gasteiger partial charge in [0.05, 0.1) is 15.6 Å². The van der Waals surface area contributed by atoms with Crippen LogP contribution in [0.5, 0.6) is 0 Å². The zero-order valence-corrected chi connectivity index (χ0v) is 25.8.